The topological polar surface area (TPSA) is 17.1 Å². The molecule has 1 aromatic heterocycles. The highest BCUT2D eigenvalue weighted by Crippen LogP contribution is 2.37. The second-order valence-electron chi connectivity index (χ2n) is 6.72. The first kappa shape index (κ1) is 20.1. The Bertz CT molecular complexity index is 981. The van der Waals surface area contributed by atoms with Crippen LogP contribution in [0.5, 0.6) is 0 Å². The number of hydrogen-bond acceptors (Lipinski definition) is 2. The third-order valence-electron chi connectivity index (χ3n) is 4.35. The first-order chi connectivity index (χ1) is 13.3. The molecule has 2 aromatic carbocycles. The summed E-state index contributed by atoms with van der Waals surface area (Å²) in [5.74, 6) is 0.144. The second-order valence-corrected chi connectivity index (χ2v) is 7.81. The van der Waals surface area contributed by atoms with Crippen LogP contribution in [0.3, 0.4) is 0 Å². The van der Waals surface area contributed by atoms with Crippen LogP contribution in [0.4, 0.5) is 13.2 Å². The molecular weight excluding hydrogens is 381 g/mol. The Hall–Kier alpha value is -2.66. The Morgan fingerprint density at radius 3 is 2.21 bits per heavy atom. The van der Waals surface area contributed by atoms with Crippen molar-refractivity contribution in [2.45, 2.75) is 25.9 Å². The van der Waals surface area contributed by atoms with Crippen molar-refractivity contribution in [1.29, 1.82) is 0 Å². The Labute approximate surface area is 166 Å². The van der Waals surface area contributed by atoms with E-state index in [0.29, 0.717) is 5.56 Å². The lowest BCUT2D eigenvalue weighted by molar-refractivity contribution is -0.137. The fourth-order valence-electron chi connectivity index (χ4n) is 2.82. The minimum absolute atomic E-state index is 0.0835. The number of rotatable bonds is 5. The second kappa shape index (κ2) is 8.15. The van der Waals surface area contributed by atoms with Crippen LogP contribution in [-0.4, -0.2) is 5.78 Å². The zero-order valence-corrected chi connectivity index (χ0v) is 16.3. The fraction of sp³-hybridized carbons (Fsp3) is 0.174. The van der Waals surface area contributed by atoms with Crippen molar-refractivity contribution >= 4 is 23.2 Å². The van der Waals surface area contributed by atoms with Gasteiger partial charge in [-0.3, -0.25) is 4.79 Å². The predicted molar refractivity (Wildman–Crippen MR) is 109 cm³/mol. The standard InChI is InChI=1S/C23H19F3OS/c1-15(2)19-14-22(17-8-10-18(11-9-17)23(24,25)26)28-21(19)13-12-20(27)16-6-4-3-5-7-16/h3-15H,1-2H3. The molecule has 5 heteroatoms. The van der Waals surface area contributed by atoms with Crippen molar-refractivity contribution in [2.24, 2.45) is 0 Å². The Balaban J connectivity index is 1.90. The first-order valence-corrected chi connectivity index (χ1v) is 9.66. The molecule has 0 saturated carbocycles. The highest BCUT2D eigenvalue weighted by molar-refractivity contribution is 7.16. The van der Waals surface area contributed by atoms with Gasteiger partial charge in [0.25, 0.3) is 0 Å². The summed E-state index contributed by atoms with van der Waals surface area (Å²) in [7, 11) is 0. The molecule has 1 heterocycles. The molecular formula is C23H19F3OS. The number of benzene rings is 2. The van der Waals surface area contributed by atoms with Gasteiger partial charge in [0, 0.05) is 15.3 Å². The van der Waals surface area contributed by atoms with Gasteiger partial charge in [0.1, 0.15) is 0 Å². The Morgan fingerprint density at radius 2 is 1.64 bits per heavy atom. The Kier molecular flexibility index (Phi) is 5.84. The fourth-order valence-corrected chi connectivity index (χ4v) is 4.04. The lowest BCUT2D eigenvalue weighted by Crippen LogP contribution is -2.03. The molecule has 3 rings (SSSR count). The molecule has 0 spiro atoms. The van der Waals surface area contributed by atoms with Crippen molar-refractivity contribution in [1.82, 2.24) is 0 Å². The van der Waals surface area contributed by atoms with Gasteiger partial charge in [-0.2, -0.15) is 13.2 Å². The van der Waals surface area contributed by atoms with Crippen LogP contribution in [0.2, 0.25) is 0 Å². The third kappa shape index (κ3) is 4.60. The van der Waals surface area contributed by atoms with E-state index in [9.17, 15) is 18.0 Å². The van der Waals surface area contributed by atoms with Crippen LogP contribution >= 0.6 is 11.3 Å². The van der Waals surface area contributed by atoms with E-state index in [0.717, 1.165) is 33.0 Å². The van der Waals surface area contributed by atoms with Crippen molar-refractivity contribution in [3.05, 3.63) is 88.3 Å². The molecule has 0 bridgehead atoms. The zero-order valence-electron chi connectivity index (χ0n) is 15.5. The Morgan fingerprint density at radius 1 is 1.00 bits per heavy atom. The highest BCUT2D eigenvalue weighted by atomic mass is 32.1. The van der Waals surface area contributed by atoms with E-state index in [4.69, 9.17) is 0 Å². The summed E-state index contributed by atoms with van der Waals surface area (Å²) >= 11 is 1.47. The summed E-state index contributed by atoms with van der Waals surface area (Å²) in [4.78, 5) is 14.1. The van der Waals surface area contributed by atoms with Gasteiger partial charge in [-0.15, -0.1) is 11.3 Å². The number of hydrogen-bond donors (Lipinski definition) is 0. The largest absolute Gasteiger partial charge is 0.416 e. The average Bonchev–Trinajstić information content (AvgIpc) is 3.11. The molecule has 1 nitrogen and oxygen atoms in total. The van der Waals surface area contributed by atoms with E-state index < -0.39 is 11.7 Å². The molecule has 0 fully saturated rings. The molecule has 0 N–H and O–H groups in total. The highest BCUT2D eigenvalue weighted by Gasteiger charge is 2.30. The van der Waals surface area contributed by atoms with Crippen molar-refractivity contribution in [3.63, 3.8) is 0 Å². The quantitative estimate of drug-likeness (QED) is 0.321. The van der Waals surface area contributed by atoms with Crippen LogP contribution in [0.15, 0.2) is 66.7 Å². The van der Waals surface area contributed by atoms with E-state index in [-0.39, 0.29) is 11.7 Å². The number of thiophene rings is 1. The van der Waals surface area contributed by atoms with Gasteiger partial charge < -0.3 is 0 Å². The van der Waals surface area contributed by atoms with E-state index in [2.05, 4.69) is 13.8 Å². The van der Waals surface area contributed by atoms with Crippen LogP contribution in [0.25, 0.3) is 16.5 Å². The molecule has 0 aliphatic heterocycles. The number of allylic oxidation sites excluding steroid dienone is 1. The molecule has 3 aromatic rings. The van der Waals surface area contributed by atoms with Crippen molar-refractivity contribution in [3.8, 4) is 10.4 Å². The van der Waals surface area contributed by atoms with Crippen LogP contribution in [0.1, 0.15) is 46.1 Å². The summed E-state index contributed by atoms with van der Waals surface area (Å²) in [5, 5.41) is 0. The van der Waals surface area contributed by atoms with Crippen molar-refractivity contribution < 1.29 is 18.0 Å². The van der Waals surface area contributed by atoms with E-state index >= 15 is 0 Å². The zero-order chi connectivity index (χ0) is 20.3. The number of alkyl halides is 3. The monoisotopic (exact) mass is 400 g/mol. The number of halogens is 3. The van der Waals surface area contributed by atoms with Crippen LogP contribution in [-0.2, 0) is 6.18 Å². The molecule has 0 aliphatic carbocycles. The summed E-state index contributed by atoms with van der Waals surface area (Å²) in [6, 6.07) is 16.2. The van der Waals surface area contributed by atoms with Crippen LogP contribution < -0.4 is 0 Å². The predicted octanol–water partition coefficient (Wildman–Crippen LogP) is 7.45. The molecule has 0 unspecified atom stereocenters. The van der Waals surface area contributed by atoms with Gasteiger partial charge in [0.05, 0.1) is 5.56 Å². The smallest absolute Gasteiger partial charge is 0.289 e. The maximum atomic E-state index is 12.8. The third-order valence-corrected chi connectivity index (χ3v) is 5.52. The van der Waals surface area contributed by atoms with Gasteiger partial charge in [0.15, 0.2) is 5.78 Å². The van der Waals surface area contributed by atoms with Crippen molar-refractivity contribution in [2.75, 3.05) is 0 Å². The normalized spacial score (nSPS) is 12.1. The number of ketones is 1. The maximum absolute atomic E-state index is 12.8. The van der Waals surface area contributed by atoms with Gasteiger partial charge >= 0.3 is 6.18 Å². The minimum atomic E-state index is -4.34. The van der Waals surface area contributed by atoms with Gasteiger partial charge in [0.2, 0.25) is 0 Å². The van der Waals surface area contributed by atoms with Gasteiger partial charge in [-0.25, -0.2) is 0 Å². The molecule has 0 amide bonds. The first-order valence-electron chi connectivity index (χ1n) is 8.84. The molecule has 0 saturated heterocycles. The maximum Gasteiger partial charge on any atom is 0.416 e. The average molecular weight is 400 g/mol. The minimum Gasteiger partial charge on any atom is -0.289 e. The summed E-state index contributed by atoms with van der Waals surface area (Å²) in [5.41, 5.74) is 1.75. The number of carbonyl (C=O) groups is 1. The summed E-state index contributed by atoms with van der Waals surface area (Å²) in [6.45, 7) is 4.10. The number of carbonyl (C=O) groups excluding carboxylic acids is 1. The van der Waals surface area contributed by atoms with Crippen LogP contribution in [0, 0.1) is 0 Å². The summed E-state index contributed by atoms with van der Waals surface area (Å²) in [6.07, 6.45) is -1.00. The van der Waals surface area contributed by atoms with Gasteiger partial charge in [-0.05, 0) is 47.4 Å². The lowest BCUT2D eigenvalue weighted by atomic mass is 10.0. The summed E-state index contributed by atoms with van der Waals surface area (Å²) < 4.78 is 38.3. The molecule has 0 radical (unpaired) electrons. The molecule has 28 heavy (non-hydrogen) atoms. The van der Waals surface area contributed by atoms with E-state index in [1.807, 2.05) is 24.3 Å². The van der Waals surface area contributed by atoms with E-state index in [1.54, 1.807) is 24.3 Å². The molecule has 144 valence electrons. The van der Waals surface area contributed by atoms with E-state index in [1.165, 1.54) is 23.5 Å². The van der Waals surface area contributed by atoms with Gasteiger partial charge in [-0.1, -0.05) is 56.3 Å². The molecule has 0 aliphatic rings. The molecule has 0 atom stereocenters. The SMILES string of the molecule is CC(C)c1cc(-c2ccc(C(F)(F)F)cc2)sc1C=CC(=O)c1ccccc1. The lowest BCUT2D eigenvalue weighted by Gasteiger charge is -2.06.